The van der Waals surface area contributed by atoms with E-state index in [1.165, 1.54) is 17.1 Å². The predicted octanol–water partition coefficient (Wildman–Crippen LogP) is 2.31. The van der Waals surface area contributed by atoms with E-state index < -0.39 is 0 Å². The first-order chi connectivity index (χ1) is 12.6. The minimum absolute atomic E-state index is 0.101. The lowest BCUT2D eigenvalue weighted by Crippen LogP contribution is -2.36. The second-order valence-corrected chi connectivity index (χ2v) is 6.56. The van der Waals surface area contributed by atoms with Crippen molar-refractivity contribution in [1.82, 2.24) is 34.8 Å². The van der Waals surface area contributed by atoms with Crippen molar-refractivity contribution in [3.05, 3.63) is 47.6 Å². The maximum atomic E-state index is 13.0. The molecule has 1 amide bonds. The molecule has 3 heterocycles. The molecule has 134 valence electrons. The molecule has 3 aromatic rings. The lowest BCUT2D eigenvalue weighted by molar-refractivity contribution is 0.0628. The van der Waals surface area contributed by atoms with E-state index in [2.05, 4.69) is 25.2 Å². The third-order valence-electron chi connectivity index (χ3n) is 4.26. The number of nitrogens with zero attached hydrogens (tertiary/aromatic N) is 7. The van der Waals surface area contributed by atoms with E-state index in [0.717, 1.165) is 12.8 Å². The molecule has 0 radical (unpaired) electrons. The zero-order chi connectivity index (χ0) is 18.1. The summed E-state index contributed by atoms with van der Waals surface area (Å²) in [7, 11) is 0. The van der Waals surface area contributed by atoms with Gasteiger partial charge in [0.2, 0.25) is 5.76 Å². The van der Waals surface area contributed by atoms with Crippen molar-refractivity contribution in [3.63, 3.8) is 0 Å². The molecular weight excluding hydrogens is 358 g/mol. The summed E-state index contributed by atoms with van der Waals surface area (Å²) in [6.07, 6.45) is 6.88. The zero-order valence-corrected chi connectivity index (χ0v) is 14.7. The topological polar surface area (TPSA) is 103 Å². The third-order valence-corrected chi connectivity index (χ3v) is 4.44. The first kappa shape index (κ1) is 16.6. The van der Waals surface area contributed by atoms with Crippen LogP contribution in [0.4, 0.5) is 0 Å². The fourth-order valence-electron chi connectivity index (χ4n) is 2.72. The van der Waals surface area contributed by atoms with Crippen LogP contribution >= 0.6 is 11.6 Å². The number of hydrogen-bond donors (Lipinski definition) is 0. The molecule has 0 N–H and O–H groups in total. The van der Waals surface area contributed by atoms with E-state index in [9.17, 15) is 4.79 Å². The standard InChI is InChI=1S/C16H16ClN7O2/c1-10(14-20-9-21-24(14)16-18-5-2-6-19-16)23(8-11-3-4-11)15(25)12-7-13(17)22-26-12/h2,5-7,9-11H,3-4,8H2,1H3. The van der Waals surface area contributed by atoms with Gasteiger partial charge in [0, 0.05) is 25.0 Å². The summed E-state index contributed by atoms with van der Waals surface area (Å²) in [6, 6.07) is 2.78. The van der Waals surface area contributed by atoms with E-state index in [4.69, 9.17) is 16.1 Å². The zero-order valence-electron chi connectivity index (χ0n) is 14.0. The monoisotopic (exact) mass is 373 g/mol. The minimum Gasteiger partial charge on any atom is -0.349 e. The van der Waals surface area contributed by atoms with Crippen LogP contribution in [0, 0.1) is 5.92 Å². The Labute approximate surface area is 154 Å². The molecule has 1 unspecified atom stereocenters. The SMILES string of the molecule is CC(c1ncnn1-c1ncccn1)N(CC1CC1)C(=O)c1cc(Cl)no1. The van der Waals surface area contributed by atoms with Crippen molar-refractivity contribution in [2.75, 3.05) is 6.54 Å². The van der Waals surface area contributed by atoms with Gasteiger partial charge in [0.05, 0.1) is 6.04 Å². The fourth-order valence-corrected chi connectivity index (χ4v) is 2.85. The van der Waals surface area contributed by atoms with Crippen LogP contribution in [0.1, 0.15) is 42.2 Å². The van der Waals surface area contributed by atoms with Crippen molar-refractivity contribution in [3.8, 4) is 5.95 Å². The summed E-state index contributed by atoms with van der Waals surface area (Å²) in [6.45, 7) is 2.49. The Morgan fingerprint density at radius 1 is 1.38 bits per heavy atom. The van der Waals surface area contributed by atoms with Gasteiger partial charge in [-0.2, -0.15) is 9.78 Å². The summed E-state index contributed by atoms with van der Waals surface area (Å²) in [5, 5.41) is 7.94. The molecule has 1 saturated carbocycles. The third kappa shape index (κ3) is 3.30. The van der Waals surface area contributed by atoms with E-state index in [-0.39, 0.29) is 22.9 Å². The largest absolute Gasteiger partial charge is 0.349 e. The van der Waals surface area contributed by atoms with Crippen LogP contribution in [0.25, 0.3) is 5.95 Å². The highest BCUT2D eigenvalue weighted by Crippen LogP contribution is 2.33. The second-order valence-electron chi connectivity index (χ2n) is 6.17. The van der Waals surface area contributed by atoms with Crippen LogP contribution in [-0.4, -0.2) is 47.2 Å². The van der Waals surface area contributed by atoms with Gasteiger partial charge in [0.25, 0.3) is 11.9 Å². The fraction of sp³-hybridized carbons (Fsp3) is 0.375. The number of carbonyl (C=O) groups is 1. The first-order valence-electron chi connectivity index (χ1n) is 8.24. The number of hydrogen-bond acceptors (Lipinski definition) is 7. The predicted molar refractivity (Wildman–Crippen MR) is 90.6 cm³/mol. The molecule has 1 atom stereocenters. The van der Waals surface area contributed by atoms with Crippen LogP contribution in [0.15, 0.2) is 35.4 Å². The highest BCUT2D eigenvalue weighted by Gasteiger charge is 2.34. The first-order valence-corrected chi connectivity index (χ1v) is 8.62. The minimum atomic E-state index is -0.363. The van der Waals surface area contributed by atoms with Crippen LogP contribution in [0.5, 0.6) is 0 Å². The Morgan fingerprint density at radius 2 is 2.15 bits per heavy atom. The van der Waals surface area contributed by atoms with Crippen LogP contribution in [0.2, 0.25) is 5.15 Å². The van der Waals surface area contributed by atoms with Crippen LogP contribution < -0.4 is 0 Å². The quantitative estimate of drug-likeness (QED) is 0.653. The number of halogens is 1. The smallest absolute Gasteiger partial charge is 0.293 e. The molecule has 1 aliphatic rings. The molecule has 1 fully saturated rings. The molecular formula is C16H16ClN7O2. The summed E-state index contributed by atoms with van der Waals surface area (Å²) >= 11 is 5.79. The molecule has 26 heavy (non-hydrogen) atoms. The number of carbonyl (C=O) groups excluding carboxylic acids is 1. The Kier molecular flexibility index (Phi) is 4.37. The van der Waals surface area contributed by atoms with Crippen molar-refractivity contribution >= 4 is 17.5 Å². The average Bonchev–Trinajstić information content (AvgIpc) is 3.16. The Hall–Kier alpha value is -2.81. The highest BCUT2D eigenvalue weighted by atomic mass is 35.5. The molecule has 0 aromatic carbocycles. The molecule has 3 aromatic heterocycles. The van der Waals surface area contributed by atoms with Crippen LogP contribution in [-0.2, 0) is 0 Å². The van der Waals surface area contributed by atoms with Gasteiger partial charge < -0.3 is 9.42 Å². The van der Waals surface area contributed by atoms with Crippen molar-refractivity contribution in [2.24, 2.45) is 5.92 Å². The van der Waals surface area contributed by atoms with Crippen molar-refractivity contribution < 1.29 is 9.32 Å². The van der Waals surface area contributed by atoms with Gasteiger partial charge in [0.1, 0.15) is 6.33 Å². The van der Waals surface area contributed by atoms with Gasteiger partial charge >= 0.3 is 0 Å². The lowest BCUT2D eigenvalue weighted by atomic mass is 10.2. The normalized spacial score (nSPS) is 15.0. The summed E-state index contributed by atoms with van der Waals surface area (Å²) < 4.78 is 6.58. The molecule has 0 aliphatic heterocycles. The second kappa shape index (κ2) is 6.83. The average molecular weight is 374 g/mol. The maximum Gasteiger partial charge on any atom is 0.293 e. The van der Waals surface area contributed by atoms with Gasteiger partial charge in [-0.15, -0.1) is 0 Å². The molecule has 4 rings (SSSR count). The van der Waals surface area contributed by atoms with Gasteiger partial charge in [-0.05, 0) is 31.7 Å². The van der Waals surface area contributed by atoms with E-state index >= 15 is 0 Å². The molecule has 0 spiro atoms. The van der Waals surface area contributed by atoms with Gasteiger partial charge in [0.15, 0.2) is 11.0 Å². The van der Waals surface area contributed by atoms with E-state index in [1.807, 2.05) is 6.92 Å². The molecule has 0 saturated heterocycles. The van der Waals surface area contributed by atoms with Crippen molar-refractivity contribution in [1.29, 1.82) is 0 Å². The summed E-state index contributed by atoms with van der Waals surface area (Å²) in [5.74, 6) is 1.25. The number of rotatable bonds is 6. The summed E-state index contributed by atoms with van der Waals surface area (Å²) in [4.78, 5) is 27.4. The Balaban J connectivity index is 1.66. The number of aromatic nitrogens is 6. The molecule has 0 bridgehead atoms. The summed E-state index contributed by atoms with van der Waals surface area (Å²) in [5.41, 5.74) is 0. The van der Waals surface area contributed by atoms with E-state index in [1.54, 1.807) is 23.4 Å². The Bertz CT molecular complexity index is 906. The highest BCUT2D eigenvalue weighted by molar-refractivity contribution is 6.29. The molecule has 9 nitrogen and oxygen atoms in total. The van der Waals surface area contributed by atoms with Crippen LogP contribution in [0.3, 0.4) is 0 Å². The van der Waals surface area contributed by atoms with Gasteiger partial charge in [-0.1, -0.05) is 16.8 Å². The Morgan fingerprint density at radius 3 is 2.81 bits per heavy atom. The molecule has 1 aliphatic carbocycles. The van der Waals surface area contributed by atoms with Gasteiger partial charge in [-0.3, -0.25) is 4.79 Å². The van der Waals surface area contributed by atoms with Gasteiger partial charge in [-0.25, -0.2) is 15.0 Å². The lowest BCUT2D eigenvalue weighted by Gasteiger charge is -2.27. The number of amides is 1. The van der Waals surface area contributed by atoms with Crippen molar-refractivity contribution in [2.45, 2.75) is 25.8 Å². The molecule has 10 heteroatoms. The van der Waals surface area contributed by atoms with E-state index in [0.29, 0.717) is 24.2 Å². The maximum absolute atomic E-state index is 13.0.